The van der Waals surface area contributed by atoms with Crippen LogP contribution in [0.4, 0.5) is 4.39 Å². The SMILES string of the molecule is CN(CCCl)C(=O)c1c(F)cccc1Br. The molecule has 1 aromatic carbocycles. The molecule has 2 nitrogen and oxygen atoms in total. The number of rotatable bonds is 3. The lowest BCUT2D eigenvalue weighted by Crippen LogP contribution is -2.29. The molecule has 82 valence electrons. The Morgan fingerprint density at radius 2 is 2.27 bits per heavy atom. The van der Waals surface area contributed by atoms with Crippen LogP contribution >= 0.6 is 27.5 Å². The average Bonchev–Trinajstić information content (AvgIpc) is 2.17. The third kappa shape index (κ3) is 2.92. The van der Waals surface area contributed by atoms with Crippen molar-refractivity contribution >= 4 is 33.4 Å². The van der Waals surface area contributed by atoms with Crippen LogP contribution < -0.4 is 0 Å². The van der Waals surface area contributed by atoms with Gasteiger partial charge in [0, 0.05) is 23.9 Å². The molecule has 15 heavy (non-hydrogen) atoms. The molecule has 0 aliphatic carbocycles. The normalized spacial score (nSPS) is 10.1. The number of alkyl halides is 1. The van der Waals surface area contributed by atoms with Gasteiger partial charge in [0.2, 0.25) is 0 Å². The Morgan fingerprint density at radius 1 is 1.60 bits per heavy atom. The number of hydrogen-bond acceptors (Lipinski definition) is 1. The fraction of sp³-hybridized carbons (Fsp3) is 0.300. The molecule has 0 fully saturated rings. The lowest BCUT2D eigenvalue weighted by molar-refractivity contribution is 0.0798. The van der Waals surface area contributed by atoms with Crippen molar-refractivity contribution in [1.82, 2.24) is 4.90 Å². The summed E-state index contributed by atoms with van der Waals surface area (Å²) in [6, 6.07) is 4.43. The number of benzene rings is 1. The predicted molar refractivity (Wildman–Crippen MR) is 61.8 cm³/mol. The van der Waals surface area contributed by atoms with Gasteiger partial charge >= 0.3 is 0 Å². The van der Waals surface area contributed by atoms with Gasteiger partial charge in [0.25, 0.3) is 5.91 Å². The first-order valence-electron chi connectivity index (χ1n) is 4.33. The number of nitrogens with zero attached hydrogens (tertiary/aromatic N) is 1. The van der Waals surface area contributed by atoms with Crippen LogP contribution in [0.2, 0.25) is 0 Å². The minimum Gasteiger partial charge on any atom is -0.340 e. The zero-order valence-electron chi connectivity index (χ0n) is 8.14. The molecule has 0 saturated heterocycles. The molecule has 0 saturated carbocycles. The molecule has 0 radical (unpaired) electrons. The molecule has 0 unspecified atom stereocenters. The number of hydrogen-bond donors (Lipinski definition) is 0. The molecule has 5 heteroatoms. The maximum absolute atomic E-state index is 13.4. The van der Waals surface area contributed by atoms with Gasteiger partial charge in [0.05, 0.1) is 5.56 Å². The number of carbonyl (C=O) groups is 1. The topological polar surface area (TPSA) is 20.3 Å². The van der Waals surface area contributed by atoms with E-state index in [-0.39, 0.29) is 11.5 Å². The molecule has 0 aliphatic heterocycles. The van der Waals surface area contributed by atoms with E-state index in [0.29, 0.717) is 16.9 Å². The summed E-state index contributed by atoms with van der Waals surface area (Å²) in [7, 11) is 1.59. The van der Waals surface area contributed by atoms with Crippen LogP contribution in [-0.2, 0) is 0 Å². The first kappa shape index (κ1) is 12.5. The van der Waals surface area contributed by atoms with Crippen molar-refractivity contribution in [1.29, 1.82) is 0 Å². The standard InChI is InChI=1S/C10H10BrClFNO/c1-14(6-5-12)10(15)9-7(11)3-2-4-8(9)13/h2-4H,5-6H2,1H3. The highest BCUT2D eigenvalue weighted by molar-refractivity contribution is 9.10. The lowest BCUT2D eigenvalue weighted by atomic mass is 10.2. The van der Waals surface area contributed by atoms with E-state index >= 15 is 0 Å². The Morgan fingerprint density at radius 3 is 2.80 bits per heavy atom. The van der Waals surface area contributed by atoms with E-state index in [2.05, 4.69) is 15.9 Å². The molecule has 0 bridgehead atoms. The summed E-state index contributed by atoms with van der Waals surface area (Å²) >= 11 is 8.65. The van der Waals surface area contributed by atoms with Crippen molar-refractivity contribution < 1.29 is 9.18 Å². The molecule has 1 aromatic rings. The van der Waals surface area contributed by atoms with Crippen molar-refractivity contribution in [2.75, 3.05) is 19.5 Å². The number of halogens is 3. The summed E-state index contributed by atoms with van der Waals surface area (Å²) in [5.74, 6) is -0.578. The van der Waals surface area contributed by atoms with Crippen LogP contribution in [0, 0.1) is 5.82 Å². The molecular weight excluding hydrogens is 284 g/mol. The van der Waals surface area contributed by atoms with E-state index in [1.807, 2.05) is 0 Å². The fourth-order valence-corrected chi connectivity index (χ4v) is 1.89. The smallest absolute Gasteiger partial charge is 0.257 e. The average molecular weight is 295 g/mol. The van der Waals surface area contributed by atoms with Crippen molar-refractivity contribution in [3.63, 3.8) is 0 Å². The Kier molecular flexibility index (Phi) is 4.54. The van der Waals surface area contributed by atoms with E-state index in [0.717, 1.165) is 0 Å². The molecule has 0 spiro atoms. The Bertz CT molecular complexity index is 352. The molecule has 0 heterocycles. The first-order valence-corrected chi connectivity index (χ1v) is 5.66. The second-order valence-corrected chi connectivity index (χ2v) is 4.24. The highest BCUT2D eigenvalue weighted by atomic mass is 79.9. The van der Waals surface area contributed by atoms with Crippen LogP contribution in [0.25, 0.3) is 0 Å². The van der Waals surface area contributed by atoms with Crippen LogP contribution in [0.5, 0.6) is 0 Å². The van der Waals surface area contributed by atoms with Crippen molar-refractivity contribution in [3.8, 4) is 0 Å². The minimum absolute atomic E-state index is 0.0464. The monoisotopic (exact) mass is 293 g/mol. The summed E-state index contributed by atoms with van der Waals surface area (Å²) in [5.41, 5.74) is 0.0464. The van der Waals surface area contributed by atoms with E-state index in [1.165, 1.54) is 17.0 Å². The highest BCUT2D eigenvalue weighted by Crippen LogP contribution is 2.20. The quantitative estimate of drug-likeness (QED) is 0.785. The van der Waals surface area contributed by atoms with Gasteiger partial charge in [-0.3, -0.25) is 4.79 Å². The lowest BCUT2D eigenvalue weighted by Gasteiger charge is -2.16. The Balaban J connectivity index is 3.00. The zero-order valence-corrected chi connectivity index (χ0v) is 10.5. The summed E-state index contributed by atoms with van der Waals surface area (Å²) in [6.45, 7) is 0.390. The highest BCUT2D eigenvalue weighted by Gasteiger charge is 2.18. The van der Waals surface area contributed by atoms with Gasteiger partial charge < -0.3 is 4.90 Å². The van der Waals surface area contributed by atoms with Crippen LogP contribution in [0.1, 0.15) is 10.4 Å². The minimum atomic E-state index is -0.532. The van der Waals surface area contributed by atoms with Gasteiger partial charge in [-0.2, -0.15) is 0 Å². The van der Waals surface area contributed by atoms with Gasteiger partial charge in [-0.15, -0.1) is 11.6 Å². The molecule has 0 aliphatic rings. The van der Waals surface area contributed by atoms with Crippen LogP contribution in [0.15, 0.2) is 22.7 Å². The fourth-order valence-electron chi connectivity index (χ4n) is 1.12. The maximum Gasteiger partial charge on any atom is 0.257 e. The number of carbonyl (C=O) groups excluding carboxylic acids is 1. The van der Waals surface area contributed by atoms with Crippen LogP contribution in [-0.4, -0.2) is 30.3 Å². The van der Waals surface area contributed by atoms with Crippen LogP contribution in [0.3, 0.4) is 0 Å². The van der Waals surface area contributed by atoms with Crippen molar-refractivity contribution in [3.05, 3.63) is 34.1 Å². The molecule has 1 amide bonds. The first-order chi connectivity index (χ1) is 7.07. The summed E-state index contributed by atoms with van der Waals surface area (Å²) in [4.78, 5) is 13.2. The third-order valence-electron chi connectivity index (χ3n) is 1.94. The van der Waals surface area contributed by atoms with Crippen molar-refractivity contribution in [2.45, 2.75) is 0 Å². The molecule has 0 atom stereocenters. The summed E-state index contributed by atoms with van der Waals surface area (Å²) < 4.78 is 13.8. The third-order valence-corrected chi connectivity index (χ3v) is 2.77. The Labute approximate surface area is 101 Å². The predicted octanol–water partition coefficient (Wildman–Crippen LogP) is 2.90. The van der Waals surface area contributed by atoms with E-state index < -0.39 is 5.82 Å². The molecule has 0 N–H and O–H groups in total. The van der Waals surface area contributed by atoms with E-state index in [4.69, 9.17) is 11.6 Å². The second-order valence-electron chi connectivity index (χ2n) is 3.01. The summed E-state index contributed by atoms with van der Waals surface area (Å²) in [5, 5.41) is 0. The van der Waals surface area contributed by atoms with E-state index in [9.17, 15) is 9.18 Å². The zero-order chi connectivity index (χ0) is 11.4. The van der Waals surface area contributed by atoms with Gasteiger partial charge in [0.15, 0.2) is 0 Å². The summed E-state index contributed by atoms with van der Waals surface area (Å²) in [6.07, 6.45) is 0. The maximum atomic E-state index is 13.4. The van der Waals surface area contributed by atoms with Crippen molar-refractivity contribution in [2.24, 2.45) is 0 Å². The molecule has 1 rings (SSSR count). The van der Waals surface area contributed by atoms with Gasteiger partial charge in [-0.25, -0.2) is 4.39 Å². The largest absolute Gasteiger partial charge is 0.340 e. The van der Waals surface area contributed by atoms with E-state index in [1.54, 1.807) is 13.1 Å². The molecular formula is C10H10BrClFNO. The van der Waals surface area contributed by atoms with Gasteiger partial charge in [-0.05, 0) is 28.1 Å². The molecule has 0 aromatic heterocycles. The second kappa shape index (κ2) is 5.47. The van der Waals surface area contributed by atoms with Gasteiger partial charge in [0.1, 0.15) is 5.82 Å². The Hall–Kier alpha value is -0.610. The van der Waals surface area contributed by atoms with Gasteiger partial charge in [-0.1, -0.05) is 6.07 Å². The number of amides is 1.